The minimum Gasteiger partial charge on any atom is -0.394 e. The molecule has 0 saturated heterocycles. The molecule has 0 aliphatic heterocycles. The van der Waals surface area contributed by atoms with E-state index in [4.69, 9.17) is 10.2 Å². The SMILES string of the molecule is CCC[C@@H](C)[C@@H](O)CO. The van der Waals surface area contributed by atoms with Gasteiger partial charge in [-0.25, -0.2) is 0 Å². The largest absolute Gasteiger partial charge is 0.394 e. The molecule has 0 bridgehead atoms. The summed E-state index contributed by atoms with van der Waals surface area (Å²) < 4.78 is 0. The third-order valence-electron chi connectivity index (χ3n) is 1.59. The Morgan fingerprint density at radius 3 is 2.33 bits per heavy atom. The van der Waals surface area contributed by atoms with Crippen LogP contribution in [0.3, 0.4) is 0 Å². The molecule has 0 spiro atoms. The van der Waals surface area contributed by atoms with Crippen LogP contribution in [0.25, 0.3) is 0 Å². The third kappa shape index (κ3) is 3.49. The summed E-state index contributed by atoms with van der Waals surface area (Å²) in [6, 6.07) is 0. The molecule has 2 heteroatoms. The fourth-order valence-corrected chi connectivity index (χ4v) is 0.828. The van der Waals surface area contributed by atoms with E-state index < -0.39 is 6.10 Å². The first-order valence-electron chi connectivity index (χ1n) is 3.51. The minimum absolute atomic E-state index is 0.110. The third-order valence-corrected chi connectivity index (χ3v) is 1.59. The second-order valence-electron chi connectivity index (χ2n) is 2.52. The normalized spacial score (nSPS) is 17.3. The molecule has 56 valence electrons. The van der Waals surface area contributed by atoms with E-state index in [-0.39, 0.29) is 12.5 Å². The molecule has 0 rings (SSSR count). The molecular formula is C7H16O2. The van der Waals surface area contributed by atoms with Gasteiger partial charge in [-0.05, 0) is 12.3 Å². The Labute approximate surface area is 56.5 Å². The van der Waals surface area contributed by atoms with Gasteiger partial charge in [-0.1, -0.05) is 20.3 Å². The van der Waals surface area contributed by atoms with Crippen LogP contribution in [0.1, 0.15) is 26.7 Å². The fourth-order valence-electron chi connectivity index (χ4n) is 0.828. The topological polar surface area (TPSA) is 40.5 Å². The zero-order valence-electron chi connectivity index (χ0n) is 6.17. The number of aliphatic hydroxyl groups excluding tert-OH is 2. The summed E-state index contributed by atoms with van der Waals surface area (Å²) in [7, 11) is 0. The molecular weight excluding hydrogens is 116 g/mol. The van der Waals surface area contributed by atoms with Gasteiger partial charge >= 0.3 is 0 Å². The van der Waals surface area contributed by atoms with Crippen LogP contribution in [0.5, 0.6) is 0 Å². The quantitative estimate of drug-likeness (QED) is 0.593. The Morgan fingerprint density at radius 1 is 1.44 bits per heavy atom. The van der Waals surface area contributed by atoms with Gasteiger partial charge in [-0.3, -0.25) is 0 Å². The second kappa shape index (κ2) is 4.77. The Morgan fingerprint density at radius 2 is 2.00 bits per heavy atom. The van der Waals surface area contributed by atoms with Gasteiger partial charge < -0.3 is 10.2 Å². The highest BCUT2D eigenvalue weighted by Crippen LogP contribution is 2.09. The number of hydrogen-bond acceptors (Lipinski definition) is 2. The maximum absolute atomic E-state index is 9.01. The van der Waals surface area contributed by atoms with Crippen LogP contribution in [0.2, 0.25) is 0 Å². The van der Waals surface area contributed by atoms with Crippen LogP contribution in [0, 0.1) is 5.92 Å². The van der Waals surface area contributed by atoms with Gasteiger partial charge in [0.25, 0.3) is 0 Å². The van der Waals surface area contributed by atoms with E-state index in [9.17, 15) is 0 Å². The smallest absolute Gasteiger partial charge is 0.0796 e. The maximum atomic E-state index is 9.01. The van der Waals surface area contributed by atoms with Gasteiger partial charge in [0.05, 0.1) is 12.7 Å². The molecule has 0 saturated carbocycles. The summed E-state index contributed by atoms with van der Waals surface area (Å²) in [5.41, 5.74) is 0. The Balaban J connectivity index is 3.32. The average Bonchev–Trinajstić information content (AvgIpc) is 1.87. The summed E-state index contributed by atoms with van der Waals surface area (Å²) in [5.74, 6) is 0.236. The first-order valence-corrected chi connectivity index (χ1v) is 3.51. The van der Waals surface area contributed by atoms with Gasteiger partial charge in [-0.15, -0.1) is 0 Å². The highest BCUT2D eigenvalue weighted by molar-refractivity contribution is 4.61. The van der Waals surface area contributed by atoms with E-state index in [1.54, 1.807) is 0 Å². The Hall–Kier alpha value is -0.0800. The lowest BCUT2D eigenvalue weighted by atomic mass is 10.0. The molecule has 0 radical (unpaired) electrons. The van der Waals surface area contributed by atoms with Crippen molar-refractivity contribution in [3.05, 3.63) is 0 Å². The van der Waals surface area contributed by atoms with E-state index in [0.29, 0.717) is 0 Å². The molecule has 2 atom stereocenters. The van der Waals surface area contributed by atoms with Gasteiger partial charge in [0, 0.05) is 0 Å². The molecule has 0 heterocycles. The highest BCUT2D eigenvalue weighted by Gasteiger charge is 2.10. The summed E-state index contributed by atoms with van der Waals surface area (Å²) in [6.45, 7) is 3.91. The summed E-state index contributed by atoms with van der Waals surface area (Å²) in [5, 5.41) is 17.5. The van der Waals surface area contributed by atoms with Crippen molar-refractivity contribution in [2.24, 2.45) is 5.92 Å². The first kappa shape index (κ1) is 8.92. The molecule has 0 aliphatic carbocycles. The molecule has 9 heavy (non-hydrogen) atoms. The molecule has 0 aromatic rings. The first-order chi connectivity index (χ1) is 4.22. The molecule has 0 aromatic heterocycles. The van der Waals surface area contributed by atoms with Gasteiger partial charge in [0.1, 0.15) is 0 Å². The van der Waals surface area contributed by atoms with Crippen molar-refractivity contribution in [1.82, 2.24) is 0 Å². The fraction of sp³-hybridized carbons (Fsp3) is 1.00. The van der Waals surface area contributed by atoms with Crippen molar-refractivity contribution in [3.8, 4) is 0 Å². The van der Waals surface area contributed by atoms with Crippen molar-refractivity contribution in [3.63, 3.8) is 0 Å². The van der Waals surface area contributed by atoms with Crippen LogP contribution < -0.4 is 0 Å². The summed E-state index contributed by atoms with van der Waals surface area (Å²) in [6.07, 6.45) is 1.53. The maximum Gasteiger partial charge on any atom is 0.0796 e. The van der Waals surface area contributed by atoms with Crippen LogP contribution in [-0.4, -0.2) is 22.9 Å². The van der Waals surface area contributed by atoms with E-state index in [0.717, 1.165) is 12.8 Å². The van der Waals surface area contributed by atoms with Crippen LogP contribution in [-0.2, 0) is 0 Å². The molecule has 0 unspecified atom stereocenters. The summed E-state index contributed by atoms with van der Waals surface area (Å²) in [4.78, 5) is 0. The van der Waals surface area contributed by atoms with Crippen molar-refractivity contribution < 1.29 is 10.2 Å². The van der Waals surface area contributed by atoms with Gasteiger partial charge in [-0.2, -0.15) is 0 Å². The lowest BCUT2D eigenvalue weighted by molar-refractivity contribution is 0.0502. The molecule has 2 N–H and O–H groups in total. The molecule has 2 nitrogen and oxygen atoms in total. The predicted molar refractivity (Wildman–Crippen MR) is 37.2 cm³/mol. The molecule has 0 aromatic carbocycles. The monoisotopic (exact) mass is 132 g/mol. The number of hydrogen-bond donors (Lipinski definition) is 2. The predicted octanol–water partition coefficient (Wildman–Crippen LogP) is 0.776. The van der Waals surface area contributed by atoms with E-state index in [1.807, 2.05) is 6.92 Å². The Bertz CT molecular complexity index is 63.9. The Kier molecular flexibility index (Phi) is 4.72. The molecule has 0 fully saturated rings. The van der Waals surface area contributed by atoms with Crippen LogP contribution in [0.4, 0.5) is 0 Å². The highest BCUT2D eigenvalue weighted by atomic mass is 16.3. The van der Waals surface area contributed by atoms with E-state index >= 15 is 0 Å². The minimum atomic E-state index is -0.523. The van der Waals surface area contributed by atoms with E-state index in [2.05, 4.69) is 6.92 Å². The zero-order chi connectivity index (χ0) is 7.28. The van der Waals surface area contributed by atoms with Crippen molar-refractivity contribution in [2.45, 2.75) is 32.8 Å². The lowest BCUT2D eigenvalue weighted by Crippen LogP contribution is -2.21. The van der Waals surface area contributed by atoms with Crippen LogP contribution in [0.15, 0.2) is 0 Å². The van der Waals surface area contributed by atoms with Crippen molar-refractivity contribution in [1.29, 1.82) is 0 Å². The van der Waals surface area contributed by atoms with Crippen molar-refractivity contribution in [2.75, 3.05) is 6.61 Å². The number of rotatable bonds is 4. The van der Waals surface area contributed by atoms with E-state index in [1.165, 1.54) is 0 Å². The standard InChI is InChI=1S/C7H16O2/c1-3-4-6(2)7(9)5-8/h6-9H,3-5H2,1-2H3/t6-,7+/m1/s1. The average molecular weight is 132 g/mol. The van der Waals surface area contributed by atoms with Gasteiger partial charge in [0.15, 0.2) is 0 Å². The summed E-state index contributed by atoms with van der Waals surface area (Å²) >= 11 is 0. The number of aliphatic hydroxyl groups is 2. The molecule has 0 amide bonds. The second-order valence-corrected chi connectivity index (χ2v) is 2.52. The van der Waals surface area contributed by atoms with Gasteiger partial charge in [0.2, 0.25) is 0 Å². The zero-order valence-corrected chi connectivity index (χ0v) is 6.17. The van der Waals surface area contributed by atoms with Crippen molar-refractivity contribution >= 4 is 0 Å². The molecule has 0 aliphatic rings. The lowest BCUT2D eigenvalue weighted by Gasteiger charge is -2.14. The van der Waals surface area contributed by atoms with Crippen LogP contribution >= 0.6 is 0 Å².